The van der Waals surface area contributed by atoms with Crippen LogP contribution >= 0.6 is 0 Å². The summed E-state index contributed by atoms with van der Waals surface area (Å²) in [6.45, 7) is 10.8. The Balaban J connectivity index is 1.40. The van der Waals surface area contributed by atoms with E-state index in [1.807, 2.05) is 41.3 Å². The number of amides is 1. The van der Waals surface area contributed by atoms with E-state index in [2.05, 4.69) is 33.8 Å². The molecule has 0 spiro atoms. The molecule has 2 aromatic carbocycles. The fourth-order valence-electron chi connectivity index (χ4n) is 4.62. The van der Waals surface area contributed by atoms with E-state index < -0.39 is 0 Å². The average Bonchev–Trinajstić information content (AvgIpc) is 3.00. The number of hydrogen-bond donors (Lipinski definition) is 0. The molecule has 0 bridgehead atoms. The van der Waals surface area contributed by atoms with Crippen molar-refractivity contribution in [3.63, 3.8) is 0 Å². The van der Waals surface area contributed by atoms with Gasteiger partial charge in [-0.2, -0.15) is 0 Å². The van der Waals surface area contributed by atoms with Gasteiger partial charge in [0.15, 0.2) is 11.5 Å². The molecule has 29 heavy (non-hydrogen) atoms. The van der Waals surface area contributed by atoms with Gasteiger partial charge in [0.05, 0.1) is 0 Å². The Hall–Kier alpha value is -2.49. The van der Waals surface area contributed by atoms with Crippen molar-refractivity contribution in [3.05, 3.63) is 59.2 Å². The van der Waals surface area contributed by atoms with Crippen molar-refractivity contribution >= 4 is 5.91 Å². The van der Waals surface area contributed by atoms with Crippen LogP contribution in [0.3, 0.4) is 0 Å². The number of para-hydroxylation sites is 1. The van der Waals surface area contributed by atoms with Gasteiger partial charge in [0.1, 0.15) is 12.2 Å². The lowest BCUT2D eigenvalue weighted by atomic mass is 9.91. The predicted octanol–water partition coefficient (Wildman–Crippen LogP) is 5.10. The number of nitrogens with zero attached hydrogens (tertiary/aromatic N) is 1. The van der Waals surface area contributed by atoms with Crippen molar-refractivity contribution in [2.75, 3.05) is 13.1 Å². The SMILES string of the molecule is C[C@@H]1C[C@@H](C)CN(C(=O)c2ccc(COc3cccc4c3OC(C)(C)C4)cc2)C1. The number of hydrogen-bond acceptors (Lipinski definition) is 3. The molecule has 0 aliphatic carbocycles. The molecular weight excluding hydrogens is 362 g/mol. The van der Waals surface area contributed by atoms with Crippen LogP contribution < -0.4 is 9.47 Å². The van der Waals surface area contributed by atoms with Gasteiger partial charge in [0.25, 0.3) is 5.91 Å². The van der Waals surface area contributed by atoms with Crippen LogP contribution in [-0.2, 0) is 13.0 Å². The van der Waals surface area contributed by atoms with Crippen LogP contribution in [0.4, 0.5) is 0 Å². The second kappa shape index (κ2) is 7.74. The molecule has 2 aromatic rings. The lowest BCUT2D eigenvalue weighted by Gasteiger charge is -2.35. The Labute approximate surface area is 173 Å². The number of benzene rings is 2. The number of fused-ring (bicyclic) bond motifs is 1. The molecule has 154 valence electrons. The van der Waals surface area contributed by atoms with E-state index in [1.54, 1.807) is 0 Å². The van der Waals surface area contributed by atoms with Gasteiger partial charge in [-0.05, 0) is 55.9 Å². The highest BCUT2D eigenvalue weighted by atomic mass is 16.5. The Morgan fingerprint density at radius 3 is 2.48 bits per heavy atom. The van der Waals surface area contributed by atoms with Crippen molar-refractivity contribution in [2.24, 2.45) is 11.8 Å². The third-order valence-corrected chi connectivity index (χ3v) is 5.81. The fraction of sp³-hybridized carbons (Fsp3) is 0.480. The highest BCUT2D eigenvalue weighted by molar-refractivity contribution is 5.94. The molecule has 2 atom stereocenters. The van der Waals surface area contributed by atoms with Crippen LogP contribution in [0.25, 0.3) is 0 Å². The standard InChI is InChI=1S/C25H31NO3/c1-17-12-18(2)15-26(14-17)24(27)20-10-8-19(9-11-20)16-28-22-7-5-6-21-13-25(3,4)29-23(21)22/h5-11,17-18H,12-16H2,1-4H3/t17-,18-/m1/s1. The molecule has 0 radical (unpaired) electrons. The topological polar surface area (TPSA) is 38.8 Å². The second-order valence-corrected chi connectivity index (χ2v) is 9.42. The molecule has 0 aromatic heterocycles. The van der Waals surface area contributed by atoms with Crippen LogP contribution in [0.2, 0.25) is 0 Å². The van der Waals surface area contributed by atoms with Gasteiger partial charge in [-0.15, -0.1) is 0 Å². The van der Waals surface area contributed by atoms with Gasteiger partial charge in [0.2, 0.25) is 0 Å². The summed E-state index contributed by atoms with van der Waals surface area (Å²) < 4.78 is 12.1. The molecular formula is C25H31NO3. The van der Waals surface area contributed by atoms with Crippen LogP contribution in [0.15, 0.2) is 42.5 Å². The van der Waals surface area contributed by atoms with E-state index in [0.717, 1.165) is 42.1 Å². The van der Waals surface area contributed by atoms with E-state index in [-0.39, 0.29) is 11.5 Å². The number of rotatable bonds is 4. The molecule has 2 aliphatic rings. The van der Waals surface area contributed by atoms with E-state index >= 15 is 0 Å². The summed E-state index contributed by atoms with van der Waals surface area (Å²) in [6.07, 6.45) is 2.09. The molecule has 1 amide bonds. The van der Waals surface area contributed by atoms with Gasteiger partial charge in [-0.25, -0.2) is 0 Å². The van der Waals surface area contributed by atoms with Crippen LogP contribution in [0.5, 0.6) is 11.5 Å². The number of ether oxygens (including phenoxy) is 2. The lowest BCUT2D eigenvalue weighted by molar-refractivity contribution is 0.0623. The molecule has 0 N–H and O–H groups in total. The van der Waals surface area contributed by atoms with Crippen molar-refractivity contribution in [1.82, 2.24) is 4.90 Å². The highest BCUT2D eigenvalue weighted by Gasteiger charge is 2.32. The van der Waals surface area contributed by atoms with E-state index in [4.69, 9.17) is 9.47 Å². The summed E-state index contributed by atoms with van der Waals surface area (Å²) in [5, 5.41) is 0. The minimum atomic E-state index is -0.187. The van der Waals surface area contributed by atoms with Crippen LogP contribution in [0, 0.1) is 11.8 Å². The zero-order valence-electron chi connectivity index (χ0n) is 17.9. The van der Waals surface area contributed by atoms with Crippen molar-refractivity contribution in [2.45, 2.75) is 52.7 Å². The molecule has 0 saturated carbocycles. The van der Waals surface area contributed by atoms with Crippen LogP contribution in [-0.4, -0.2) is 29.5 Å². The van der Waals surface area contributed by atoms with Crippen LogP contribution in [0.1, 0.15) is 55.6 Å². The first-order valence-corrected chi connectivity index (χ1v) is 10.6. The third kappa shape index (κ3) is 4.42. The van der Waals surface area contributed by atoms with Crippen molar-refractivity contribution in [3.8, 4) is 11.5 Å². The largest absolute Gasteiger partial charge is 0.485 e. The predicted molar refractivity (Wildman–Crippen MR) is 114 cm³/mol. The average molecular weight is 394 g/mol. The maximum atomic E-state index is 12.8. The van der Waals surface area contributed by atoms with Crippen molar-refractivity contribution in [1.29, 1.82) is 0 Å². The Bertz CT molecular complexity index is 877. The maximum Gasteiger partial charge on any atom is 0.253 e. The van der Waals surface area contributed by atoms with E-state index in [9.17, 15) is 4.79 Å². The molecule has 4 nitrogen and oxygen atoms in total. The van der Waals surface area contributed by atoms with Gasteiger partial charge in [0, 0.05) is 30.6 Å². The number of likely N-dealkylation sites (tertiary alicyclic amines) is 1. The first-order chi connectivity index (χ1) is 13.8. The first-order valence-electron chi connectivity index (χ1n) is 10.6. The zero-order chi connectivity index (χ0) is 20.6. The smallest absolute Gasteiger partial charge is 0.253 e. The van der Waals surface area contributed by atoms with Crippen molar-refractivity contribution < 1.29 is 14.3 Å². The monoisotopic (exact) mass is 393 g/mol. The highest BCUT2D eigenvalue weighted by Crippen LogP contribution is 2.42. The summed E-state index contributed by atoms with van der Waals surface area (Å²) >= 11 is 0. The number of carbonyl (C=O) groups excluding carboxylic acids is 1. The lowest BCUT2D eigenvalue weighted by Crippen LogP contribution is -2.42. The summed E-state index contributed by atoms with van der Waals surface area (Å²) in [7, 11) is 0. The summed E-state index contributed by atoms with van der Waals surface area (Å²) in [5.41, 5.74) is 2.80. The molecule has 4 heteroatoms. The maximum absolute atomic E-state index is 12.8. The number of piperidine rings is 1. The quantitative estimate of drug-likeness (QED) is 0.726. The Kier molecular flexibility index (Phi) is 5.28. The molecule has 4 rings (SSSR count). The van der Waals surface area contributed by atoms with Gasteiger partial charge < -0.3 is 14.4 Å². The van der Waals surface area contributed by atoms with E-state index in [1.165, 1.54) is 12.0 Å². The molecule has 0 unspecified atom stereocenters. The zero-order valence-corrected chi connectivity index (χ0v) is 17.9. The Morgan fingerprint density at radius 1 is 1.10 bits per heavy atom. The van der Waals surface area contributed by atoms with Gasteiger partial charge >= 0.3 is 0 Å². The summed E-state index contributed by atoms with van der Waals surface area (Å²) in [6, 6.07) is 13.9. The summed E-state index contributed by atoms with van der Waals surface area (Å²) in [4.78, 5) is 14.8. The first kappa shape index (κ1) is 19.8. The second-order valence-electron chi connectivity index (χ2n) is 9.42. The third-order valence-electron chi connectivity index (χ3n) is 5.81. The number of carbonyl (C=O) groups is 1. The molecule has 2 aliphatic heterocycles. The van der Waals surface area contributed by atoms with Gasteiger partial charge in [-0.1, -0.05) is 38.1 Å². The summed E-state index contributed by atoms with van der Waals surface area (Å²) in [5.74, 6) is 2.90. The van der Waals surface area contributed by atoms with E-state index in [0.29, 0.717) is 18.4 Å². The fourth-order valence-corrected chi connectivity index (χ4v) is 4.62. The molecule has 2 heterocycles. The Morgan fingerprint density at radius 2 is 1.79 bits per heavy atom. The normalized spacial score (nSPS) is 22.7. The molecule has 1 fully saturated rings. The molecule has 1 saturated heterocycles. The van der Waals surface area contributed by atoms with Gasteiger partial charge in [-0.3, -0.25) is 4.79 Å². The minimum Gasteiger partial charge on any atom is -0.485 e. The minimum absolute atomic E-state index is 0.132.